The van der Waals surface area contributed by atoms with E-state index in [9.17, 15) is 9.59 Å². The second-order valence-corrected chi connectivity index (χ2v) is 7.74. The van der Waals surface area contributed by atoms with Gasteiger partial charge < -0.3 is 9.47 Å². The van der Waals surface area contributed by atoms with Crippen LogP contribution in [0.15, 0.2) is 72.8 Å². The lowest BCUT2D eigenvalue weighted by molar-refractivity contribution is -0.251. The van der Waals surface area contributed by atoms with Crippen LogP contribution in [0.25, 0.3) is 10.8 Å². The van der Waals surface area contributed by atoms with E-state index in [1.165, 1.54) is 0 Å². The molecule has 1 saturated heterocycles. The summed E-state index contributed by atoms with van der Waals surface area (Å²) in [5.41, 5.74) is 0.389. The molecule has 3 aromatic rings. The van der Waals surface area contributed by atoms with Gasteiger partial charge in [-0.05, 0) is 28.3 Å². The first-order valence-electron chi connectivity index (χ1n) is 9.37. The first-order valence-corrected chi connectivity index (χ1v) is 9.37. The molecule has 0 spiro atoms. The fraction of sp³-hybridized carbons (Fsp3) is 0.250. The minimum absolute atomic E-state index is 0.219. The molecule has 0 aliphatic carbocycles. The van der Waals surface area contributed by atoms with Crippen LogP contribution in [0.1, 0.15) is 25.0 Å². The van der Waals surface area contributed by atoms with Crippen LogP contribution in [0.3, 0.4) is 0 Å². The predicted molar refractivity (Wildman–Crippen MR) is 106 cm³/mol. The van der Waals surface area contributed by atoms with Crippen LogP contribution in [0.5, 0.6) is 0 Å². The summed E-state index contributed by atoms with van der Waals surface area (Å²) in [5.74, 6) is -2.33. The number of benzene rings is 3. The number of esters is 2. The van der Waals surface area contributed by atoms with Crippen molar-refractivity contribution in [2.24, 2.45) is 5.41 Å². The maximum absolute atomic E-state index is 13.2. The standard InChI is InChI=1S/C24H22O4/c1-23(2)27-21(25)24(22(26)28-23,15-17-9-4-3-5-10-17)16-19-13-8-12-18-11-6-7-14-20(18)19/h3-14H,15-16H2,1-2H3. The van der Waals surface area contributed by atoms with Crippen LogP contribution in [0.4, 0.5) is 0 Å². The number of rotatable bonds is 4. The monoisotopic (exact) mass is 374 g/mol. The van der Waals surface area contributed by atoms with Gasteiger partial charge in [0.15, 0.2) is 5.41 Å². The van der Waals surface area contributed by atoms with Gasteiger partial charge in [0.1, 0.15) is 0 Å². The van der Waals surface area contributed by atoms with Gasteiger partial charge in [0.25, 0.3) is 5.79 Å². The molecule has 28 heavy (non-hydrogen) atoms. The number of carbonyl (C=O) groups excluding carboxylic acids is 2. The van der Waals surface area contributed by atoms with Gasteiger partial charge in [-0.2, -0.15) is 0 Å². The Kier molecular flexibility index (Phi) is 4.42. The van der Waals surface area contributed by atoms with Gasteiger partial charge in [-0.15, -0.1) is 0 Å². The molecule has 1 fully saturated rings. The molecule has 0 atom stereocenters. The van der Waals surface area contributed by atoms with Crippen LogP contribution in [0.2, 0.25) is 0 Å². The summed E-state index contributed by atoms with van der Waals surface area (Å²) in [5, 5.41) is 2.08. The van der Waals surface area contributed by atoms with E-state index in [4.69, 9.17) is 9.47 Å². The molecule has 4 rings (SSSR count). The number of cyclic esters (lactones) is 2. The van der Waals surface area contributed by atoms with Gasteiger partial charge >= 0.3 is 11.9 Å². The quantitative estimate of drug-likeness (QED) is 0.500. The minimum Gasteiger partial charge on any atom is -0.422 e. The van der Waals surface area contributed by atoms with E-state index < -0.39 is 23.1 Å². The van der Waals surface area contributed by atoms with Gasteiger partial charge in [0.2, 0.25) is 0 Å². The highest BCUT2D eigenvalue weighted by molar-refractivity contribution is 6.03. The molecule has 4 nitrogen and oxygen atoms in total. The Bertz CT molecular complexity index is 1010. The highest BCUT2D eigenvalue weighted by Crippen LogP contribution is 2.39. The molecule has 3 aromatic carbocycles. The highest BCUT2D eigenvalue weighted by Gasteiger charge is 2.56. The fourth-order valence-corrected chi connectivity index (χ4v) is 3.81. The van der Waals surface area contributed by atoms with Crippen molar-refractivity contribution in [3.63, 3.8) is 0 Å². The Balaban J connectivity index is 1.81. The molecule has 1 heterocycles. The summed E-state index contributed by atoms with van der Waals surface area (Å²) in [6, 6.07) is 23.4. The Morgan fingerprint density at radius 1 is 0.714 bits per heavy atom. The van der Waals surface area contributed by atoms with E-state index in [2.05, 4.69) is 0 Å². The third kappa shape index (κ3) is 3.26. The maximum Gasteiger partial charge on any atom is 0.327 e. The van der Waals surface area contributed by atoms with E-state index in [1.807, 2.05) is 72.8 Å². The molecule has 4 heteroatoms. The lowest BCUT2D eigenvalue weighted by atomic mass is 9.75. The fourth-order valence-electron chi connectivity index (χ4n) is 3.81. The van der Waals surface area contributed by atoms with Crippen molar-refractivity contribution in [2.75, 3.05) is 0 Å². The normalized spacial score (nSPS) is 17.8. The highest BCUT2D eigenvalue weighted by atomic mass is 16.7. The van der Waals surface area contributed by atoms with E-state index in [0.717, 1.165) is 21.9 Å². The summed E-state index contributed by atoms with van der Waals surface area (Å²) in [6.45, 7) is 3.15. The number of ether oxygens (including phenoxy) is 2. The number of fused-ring (bicyclic) bond motifs is 1. The van der Waals surface area contributed by atoms with Crippen LogP contribution < -0.4 is 0 Å². The van der Waals surface area contributed by atoms with Gasteiger partial charge in [-0.1, -0.05) is 72.8 Å². The summed E-state index contributed by atoms with van der Waals surface area (Å²) in [4.78, 5) is 26.3. The SMILES string of the molecule is CC1(C)OC(=O)C(Cc2ccccc2)(Cc2cccc3ccccc23)C(=O)O1. The van der Waals surface area contributed by atoms with Crippen molar-refractivity contribution in [2.45, 2.75) is 32.5 Å². The van der Waals surface area contributed by atoms with Gasteiger partial charge in [0, 0.05) is 20.3 Å². The Morgan fingerprint density at radius 2 is 1.32 bits per heavy atom. The molecule has 1 aliphatic heterocycles. The molecule has 0 saturated carbocycles. The van der Waals surface area contributed by atoms with E-state index >= 15 is 0 Å². The third-order valence-electron chi connectivity index (χ3n) is 5.18. The second kappa shape index (κ2) is 6.79. The van der Waals surface area contributed by atoms with Crippen LogP contribution in [-0.2, 0) is 31.9 Å². The van der Waals surface area contributed by atoms with Crippen molar-refractivity contribution in [1.29, 1.82) is 0 Å². The Labute approximate surface area is 164 Å². The second-order valence-electron chi connectivity index (χ2n) is 7.74. The molecule has 0 radical (unpaired) electrons. The average Bonchev–Trinajstić information content (AvgIpc) is 2.66. The van der Waals surface area contributed by atoms with Gasteiger partial charge in [-0.3, -0.25) is 9.59 Å². The van der Waals surface area contributed by atoms with Crippen LogP contribution >= 0.6 is 0 Å². The van der Waals surface area contributed by atoms with Crippen molar-refractivity contribution >= 4 is 22.7 Å². The molecule has 0 amide bonds. The predicted octanol–water partition coefficient (Wildman–Crippen LogP) is 4.45. The first kappa shape index (κ1) is 18.2. The van der Waals surface area contributed by atoms with Crippen LogP contribution in [-0.4, -0.2) is 17.7 Å². The van der Waals surface area contributed by atoms with Gasteiger partial charge in [-0.25, -0.2) is 0 Å². The maximum atomic E-state index is 13.2. The summed E-state index contributed by atoms with van der Waals surface area (Å²) >= 11 is 0. The number of carbonyl (C=O) groups is 2. The number of hydrogen-bond acceptors (Lipinski definition) is 4. The molecule has 0 N–H and O–H groups in total. The zero-order valence-electron chi connectivity index (χ0n) is 16.0. The molecule has 142 valence electrons. The molecular formula is C24H22O4. The van der Waals surface area contributed by atoms with Crippen molar-refractivity contribution < 1.29 is 19.1 Å². The third-order valence-corrected chi connectivity index (χ3v) is 5.18. The lowest BCUT2D eigenvalue weighted by Crippen LogP contribution is -2.56. The molecule has 0 aromatic heterocycles. The average molecular weight is 374 g/mol. The molecule has 1 aliphatic rings. The zero-order valence-corrected chi connectivity index (χ0v) is 16.0. The lowest BCUT2D eigenvalue weighted by Gasteiger charge is -2.40. The first-order chi connectivity index (χ1) is 13.4. The van der Waals surface area contributed by atoms with Gasteiger partial charge in [0.05, 0.1) is 0 Å². The van der Waals surface area contributed by atoms with Crippen molar-refractivity contribution in [1.82, 2.24) is 0 Å². The minimum atomic E-state index is -1.42. The van der Waals surface area contributed by atoms with E-state index in [1.54, 1.807) is 13.8 Å². The van der Waals surface area contributed by atoms with E-state index in [0.29, 0.717) is 0 Å². The smallest absolute Gasteiger partial charge is 0.327 e. The largest absolute Gasteiger partial charge is 0.422 e. The molecule has 0 bridgehead atoms. The molecular weight excluding hydrogens is 352 g/mol. The van der Waals surface area contributed by atoms with E-state index in [-0.39, 0.29) is 12.8 Å². The Hall–Kier alpha value is -3.14. The summed E-state index contributed by atoms with van der Waals surface area (Å²) < 4.78 is 11.1. The zero-order chi connectivity index (χ0) is 19.8. The molecule has 0 unspecified atom stereocenters. The van der Waals surface area contributed by atoms with Crippen LogP contribution in [0, 0.1) is 5.41 Å². The topological polar surface area (TPSA) is 52.6 Å². The number of hydrogen-bond donors (Lipinski definition) is 0. The summed E-state index contributed by atoms with van der Waals surface area (Å²) in [7, 11) is 0. The summed E-state index contributed by atoms with van der Waals surface area (Å²) in [6.07, 6.45) is 0.446. The Morgan fingerprint density at radius 3 is 2.04 bits per heavy atom. The van der Waals surface area contributed by atoms with Crippen molar-refractivity contribution in [3.05, 3.63) is 83.9 Å². The van der Waals surface area contributed by atoms with Crippen molar-refractivity contribution in [3.8, 4) is 0 Å².